The Morgan fingerprint density at radius 3 is 1.65 bits per heavy atom. The van der Waals surface area contributed by atoms with E-state index in [0.717, 1.165) is 83.7 Å². The highest BCUT2D eigenvalue weighted by atomic mass is 15.1. The van der Waals surface area contributed by atoms with E-state index >= 15 is 0 Å². The zero-order chi connectivity index (χ0) is 34.4. The van der Waals surface area contributed by atoms with E-state index in [1.54, 1.807) is 0 Å². The van der Waals surface area contributed by atoms with Gasteiger partial charge in [0.15, 0.2) is 5.82 Å². The van der Waals surface area contributed by atoms with E-state index in [4.69, 9.17) is 15.0 Å². The molecule has 5 nitrogen and oxygen atoms in total. The fourth-order valence-corrected chi connectivity index (χ4v) is 7.31. The fraction of sp³-hybridized carbons (Fsp3) is 0. The molecule has 10 aromatic rings. The van der Waals surface area contributed by atoms with Gasteiger partial charge < -0.3 is 0 Å². The standard InChI is InChI=1S/C47H31N5/c1-5-15-33(16-6-1)44-43-39-31-36(27-30-41(39)51(37-21-11-4-12-22-37)47(43)50-45(49-44)34-17-7-2-8-18-34)32-25-28-38(29-26-32)52-42-24-14-13-23-40(42)48-46(52)35-19-9-3-10-20-35/h1-31H. The number of imidazole rings is 1. The topological polar surface area (TPSA) is 48.5 Å². The van der Waals surface area contributed by atoms with Gasteiger partial charge in [-0.2, -0.15) is 0 Å². The number of para-hydroxylation sites is 3. The first-order valence-corrected chi connectivity index (χ1v) is 17.5. The summed E-state index contributed by atoms with van der Waals surface area (Å²) >= 11 is 0. The van der Waals surface area contributed by atoms with Crippen LogP contribution in [0, 0.1) is 0 Å². The van der Waals surface area contributed by atoms with Crippen LogP contribution >= 0.6 is 0 Å². The lowest BCUT2D eigenvalue weighted by Gasteiger charge is -2.11. The van der Waals surface area contributed by atoms with Gasteiger partial charge in [0.25, 0.3) is 0 Å². The zero-order valence-corrected chi connectivity index (χ0v) is 28.1. The van der Waals surface area contributed by atoms with Gasteiger partial charge in [-0.3, -0.25) is 9.13 Å². The molecule has 0 saturated heterocycles. The Balaban J connectivity index is 1.18. The average Bonchev–Trinajstić information content (AvgIpc) is 3.78. The van der Waals surface area contributed by atoms with Crippen LogP contribution in [-0.4, -0.2) is 24.1 Å². The Labute approximate surface area is 300 Å². The number of fused-ring (bicyclic) bond motifs is 4. The molecule has 5 heteroatoms. The van der Waals surface area contributed by atoms with Crippen molar-refractivity contribution in [2.75, 3.05) is 0 Å². The van der Waals surface area contributed by atoms with Crippen molar-refractivity contribution in [3.05, 3.63) is 188 Å². The van der Waals surface area contributed by atoms with Crippen molar-refractivity contribution in [1.82, 2.24) is 24.1 Å². The van der Waals surface area contributed by atoms with Crippen molar-refractivity contribution in [2.24, 2.45) is 0 Å². The molecule has 0 aliphatic heterocycles. The van der Waals surface area contributed by atoms with E-state index in [-0.39, 0.29) is 0 Å². The summed E-state index contributed by atoms with van der Waals surface area (Å²) in [6, 6.07) is 65.4. The van der Waals surface area contributed by atoms with E-state index in [2.05, 4.69) is 155 Å². The van der Waals surface area contributed by atoms with Crippen molar-refractivity contribution < 1.29 is 0 Å². The van der Waals surface area contributed by atoms with Crippen molar-refractivity contribution >= 4 is 33.0 Å². The molecule has 0 bridgehead atoms. The van der Waals surface area contributed by atoms with Gasteiger partial charge in [0.05, 0.1) is 27.6 Å². The largest absolute Gasteiger partial charge is 0.294 e. The van der Waals surface area contributed by atoms with Crippen molar-refractivity contribution in [3.63, 3.8) is 0 Å². The fourth-order valence-electron chi connectivity index (χ4n) is 7.31. The minimum Gasteiger partial charge on any atom is -0.294 e. The van der Waals surface area contributed by atoms with Crippen LogP contribution in [-0.2, 0) is 0 Å². The van der Waals surface area contributed by atoms with Crippen LogP contribution in [0.5, 0.6) is 0 Å². The van der Waals surface area contributed by atoms with Gasteiger partial charge in [-0.1, -0.05) is 140 Å². The molecule has 0 amide bonds. The smallest absolute Gasteiger partial charge is 0.162 e. The first-order valence-electron chi connectivity index (χ1n) is 17.5. The second kappa shape index (κ2) is 12.3. The van der Waals surface area contributed by atoms with Crippen LogP contribution in [0.2, 0.25) is 0 Å². The van der Waals surface area contributed by atoms with Gasteiger partial charge in [-0.15, -0.1) is 0 Å². The maximum atomic E-state index is 5.29. The quantitative estimate of drug-likeness (QED) is 0.178. The van der Waals surface area contributed by atoms with Crippen molar-refractivity contribution in [1.29, 1.82) is 0 Å². The molecule has 3 heterocycles. The summed E-state index contributed by atoms with van der Waals surface area (Å²) in [7, 11) is 0. The lowest BCUT2D eigenvalue weighted by Crippen LogP contribution is -1.99. The van der Waals surface area contributed by atoms with E-state index < -0.39 is 0 Å². The van der Waals surface area contributed by atoms with Gasteiger partial charge in [0.1, 0.15) is 11.5 Å². The van der Waals surface area contributed by atoms with Crippen LogP contribution < -0.4 is 0 Å². The molecule has 0 radical (unpaired) electrons. The number of nitrogens with zero attached hydrogens (tertiary/aromatic N) is 5. The Morgan fingerprint density at radius 2 is 0.942 bits per heavy atom. The van der Waals surface area contributed by atoms with E-state index in [0.29, 0.717) is 5.82 Å². The first-order chi connectivity index (χ1) is 25.8. The highest BCUT2D eigenvalue weighted by Gasteiger charge is 2.22. The third-order valence-electron chi connectivity index (χ3n) is 9.75. The summed E-state index contributed by atoms with van der Waals surface area (Å²) in [4.78, 5) is 15.6. The van der Waals surface area contributed by atoms with Crippen molar-refractivity contribution in [3.8, 4) is 56.5 Å². The molecule has 0 aliphatic carbocycles. The second-order valence-electron chi connectivity index (χ2n) is 12.9. The van der Waals surface area contributed by atoms with E-state index in [9.17, 15) is 0 Å². The predicted molar refractivity (Wildman–Crippen MR) is 213 cm³/mol. The molecular weight excluding hydrogens is 635 g/mol. The molecule has 0 aliphatic rings. The third-order valence-corrected chi connectivity index (χ3v) is 9.75. The normalized spacial score (nSPS) is 11.5. The van der Waals surface area contributed by atoms with Crippen LogP contribution in [0.15, 0.2) is 188 Å². The molecule has 0 unspecified atom stereocenters. The number of benzene rings is 7. The maximum absolute atomic E-state index is 5.29. The number of hydrogen-bond donors (Lipinski definition) is 0. The van der Waals surface area contributed by atoms with Gasteiger partial charge in [-0.05, 0) is 59.7 Å². The lowest BCUT2D eigenvalue weighted by molar-refractivity contribution is 1.10. The average molecular weight is 666 g/mol. The molecule has 52 heavy (non-hydrogen) atoms. The SMILES string of the molecule is c1ccc(-c2nc(-c3ccccc3)c3c4cc(-c5ccc(-n6c(-c7ccccc7)nc7ccccc76)cc5)ccc4n(-c4ccccc4)c3n2)cc1. The highest BCUT2D eigenvalue weighted by Crippen LogP contribution is 2.40. The van der Waals surface area contributed by atoms with Gasteiger partial charge in [-0.25, -0.2) is 15.0 Å². The maximum Gasteiger partial charge on any atom is 0.162 e. The summed E-state index contributed by atoms with van der Waals surface area (Å²) in [6.07, 6.45) is 0. The molecule has 0 saturated carbocycles. The molecule has 0 spiro atoms. The van der Waals surface area contributed by atoms with Crippen LogP contribution in [0.25, 0.3) is 89.5 Å². The molecule has 244 valence electrons. The van der Waals surface area contributed by atoms with Gasteiger partial charge in [0, 0.05) is 33.5 Å². The van der Waals surface area contributed by atoms with E-state index in [1.807, 2.05) is 42.5 Å². The summed E-state index contributed by atoms with van der Waals surface area (Å²) in [5.41, 5.74) is 12.4. The zero-order valence-electron chi connectivity index (χ0n) is 28.1. The minimum absolute atomic E-state index is 0.699. The summed E-state index contributed by atoms with van der Waals surface area (Å²) in [5.74, 6) is 1.62. The van der Waals surface area contributed by atoms with Gasteiger partial charge in [0.2, 0.25) is 0 Å². The predicted octanol–water partition coefficient (Wildman–Crippen LogP) is 11.6. The Bertz CT molecular complexity index is 2860. The molecular formula is C47H31N5. The molecule has 0 fully saturated rings. The first kappa shape index (κ1) is 29.8. The van der Waals surface area contributed by atoms with E-state index in [1.165, 1.54) is 0 Å². The summed E-state index contributed by atoms with van der Waals surface area (Å²) in [5, 5.41) is 2.13. The minimum atomic E-state index is 0.699. The third kappa shape index (κ3) is 4.98. The molecule has 0 N–H and O–H groups in total. The van der Waals surface area contributed by atoms with Crippen LogP contribution in [0.1, 0.15) is 0 Å². The van der Waals surface area contributed by atoms with Crippen LogP contribution in [0.4, 0.5) is 0 Å². The highest BCUT2D eigenvalue weighted by molar-refractivity contribution is 6.15. The lowest BCUT2D eigenvalue weighted by atomic mass is 10.0. The second-order valence-corrected chi connectivity index (χ2v) is 12.9. The van der Waals surface area contributed by atoms with Crippen molar-refractivity contribution in [2.45, 2.75) is 0 Å². The Hall–Kier alpha value is -7.11. The Morgan fingerprint density at radius 1 is 0.365 bits per heavy atom. The number of rotatable bonds is 6. The Kier molecular flexibility index (Phi) is 7.07. The molecule has 10 rings (SSSR count). The molecule has 0 atom stereocenters. The molecule has 3 aromatic heterocycles. The molecule has 7 aromatic carbocycles. The number of hydrogen-bond acceptors (Lipinski definition) is 3. The number of aromatic nitrogens is 5. The van der Waals surface area contributed by atoms with Gasteiger partial charge >= 0.3 is 0 Å². The summed E-state index contributed by atoms with van der Waals surface area (Å²) < 4.78 is 4.52. The summed E-state index contributed by atoms with van der Waals surface area (Å²) in [6.45, 7) is 0. The van der Waals surface area contributed by atoms with Crippen LogP contribution in [0.3, 0.4) is 0 Å². The monoisotopic (exact) mass is 665 g/mol.